The van der Waals surface area contributed by atoms with Crippen LogP contribution in [0.4, 0.5) is 11.8 Å². The van der Waals surface area contributed by atoms with Crippen molar-refractivity contribution in [1.82, 2.24) is 15.0 Å². The van der Waals surface area contributed by atoms with Crippen LogP contribution < -0.4 is 10.3 Å². The fraction of sp³-hybridized carbons (Fsp3) is 0.667. The zero-order valence-corrected chi connectivity index (χ0v) is 13.1. The van der Waals surface area contributed by atoms with Crippen molar-refractivity contribution in [2.75, 3.05) is 49.7 Å². The van der Waals surface area contributed by atoms with E-state index in [2.05, 4.69) is 26.4 Å². The van der Waals surface area contributed by atoms with Crippen molar-refractivity contribution >= 4 is 11.8 Å². The largest absolute Gasteiger partial charge is 0.393 e. The van der Waals surface area contributed by atoms with E-state index in [1.807, 2.05) is 5.01 Å². The van der Waals surface area contributed by atoms with Gasteiger partial charge in [0.1, 0.15) is 11.6 Å². The number of hydrazine groups is 1. The van der Waals surface area contributed by atoms with Crippen LogP contribution in [0.15, 0.2) is 6.20 Å². The Hall–Kier alpha value is -1.95. The molecule has 8 heteroatoms. The summed E-state index contributed by atoms with van der Waals surface area (Å²) < 4.78 is 5.32. The molecule has 1 aromatic rings. The second-order valence-corrected chi connectivity index (χ2v) is 5.83. The van der Waals surface area contributed by atoms with Gasteiger partial charge in [-0.15, -0.1) is 0 Å². The molecule has 2 saturated heterocycles. The molecule has 124 valence electrons. The maximum Gasteiger partial charge on any atom is 0.239 e. The van der Waals surface area contributed by atoms with Crippen LogP contribution >= 0.6 is 0 Å². The van der Waals surface area contributed by atoms with Crippen LogP contribution in [0.3, 0.4) is 0 Å². The van der Waals surface area contributed by atoms with Gasteiger partial charge in [0.2, 0.25) is 5.95 Å². The van der Waals surface area contributed by atoms with E-state index in [9.17, 15) is 10.4 Å². The Morgan fingerprint density at radius 3 is 2.87 bits per heavy atom. The van der Waals surface area contributed by atoms with Gasteiger partial charge in [-0.25, -0.2) is 9.99 Å². The van der Waals surface area contributed by atoms with Gasteiger partial charge in [0, 0.05) is 26.2 Å². The van der Waals surface area contributed by atoms with Gasteiger partial charge in [-0.1, -0.05) is 0 Å². The molecule has 0 bridgehead atoms. The smallest absolute Gasteiger partial charge is 0.239 e. The van der Waals surface area contributed by atoms with Gasteiger partial charge < -0.3 is 14.7 Å². The maximum absolute atomic E-state index is 9.80. The fourth-order valence-electron chi connectivity index (χ4n) is 2.85. The second-order valence-electron chi connectivity index (χ2n) is 5.83. The molecule has 1 unspecified atom stereocenters. The van der Waals surface area contributed by atoms with Crippen molar-refractivity contribution in [3.05, 3.63) is 11.8 Å². The molecule has 3 heterocycles. The topological polar surface area (TPSA) is 97.5 Å². The number of hydrogen-bond acceptors (Lipinski definition) is 8. The summed E-state index contributed by atoms with van der Waals surface area (Å²) in [7, 11) is 0. The van der Waals surface area contributed by atoms with Gasteiger partial charge in [0.15, 0.2) is 5.82 Å². The number of nitriles is 1. The Labute approximate surface area is 135 Å². The minimum absolute atomic E-state index is 0.265. The lowest BCUT2D eigenvalue weighted by molar-refractivity contribution is 0.0492. The molecule has 2 N–H and O–H groups in total. The Balaban J connectivity index is 1.77. The molecule has 2 fully saturated rings. The third-order valence-corrected chi connectivity index (χ3v) is 4.16. The first-order valence-corrected chi connectivity index (χ1v) is 8.06. The summed E-state index contributed by atoms with van der Waals surface area (Å²) >= 11 is 0. The summed E-state index contributed by atoms with van der Waals surface area (Å²) in [6.45, 7) is 4.40. The number of rotatable bonds is 3. The summed E-state index contributed by atoms with van der Waals surface area (Å²) in [6, 6.07) is 2.16. The summed E-state index contributed by atoms with van der Waals surface area (Å²) in [5, 5.41) is 21.1. The highest BCUT2D eigenvalue weighted by atomic mass is 16.5. The predicted molar refractivity (Wildman–Crippen MR) is 84.8 cm³/mol. The zero-order chi connectivity index (χ0) is 16.1. The minimum atomic E-state index is -0.265. The Kier molecular flexibility index (Phi) is 5.23. The quantitative estimate of drug-likeness (QED) is 0.824. The number of nitrogens with one attached hydrogen (secondary N) is 1. The van der Waals surface area contributed by atoms with E-state index >= 15 is 0 Å². The van der Waals surface area contributed by atoms with Crippen molar-refractivity contribution in [2.45, 2.75) is 25.4 Å². The zero-order valence-electron chi connectivity index (χ0n) is 13.1. The van der Waals surface area contributed by atoms with Crippen LogP contribution in [-0.4, -0.2) is 65.6 Å². The molecule has 0 spiro atoms. The number of aliphatic hydroxyl groups excluding tert-OH is 1. The van der Waals surface area contributed by atoms with Crippen LogP contribution in [0.5, 0.6) is 0 Å². The first kappa shape index (κ1) is 15.9. The van der Waals surface area contributed by atoms with Gasteiger partial charge in [0.05, 0.1) is 25.5 Å². The number of ether oxygens (including phenoxy) is 1. The van der Waals surface area contributed by atoms with Crippen LogP contribution in [0.1, 0.15) is 24.8 Å². The van der Waals surface area contributed by atoms with E-state index in [1.54, 1.807) is 6.20 Å². The highest BCUT2D eigenvalue weighted by molar-refractivity contribution is 5.55. The van der Waals surface area contributed by atoms with Gasteiger partial charge in [-0.3, -0.25) is 5.43 Å². The third-order valence-electron chi connectivity index (χ3n) is 4.16. The number of nitrogens with zero attached hydrogens (tertiary/aromatic N) is 5. The normalized spacial score (nSPS) is 23.1. The molecule has 0 saturated carbocycles. The van der Waals surface area contributed by atoms with Crippen molar-refractivity contribution < 1.29 is 9.84 Å². The Morgan fingerprint density at radius 1 is 1.26 bits per heavy atom. The van der Waals surface area contributed by atoms with Crippen molar-refractivity contribution in [1.29, 1.82) is 5.26 Å². The molecule has 8 nitrogen and oxygen atoms in total. The third kappa shape index (κ3) is 4.07. The van der Waals surface area contributed by atoms with E-state index in [0.29, 0.717) is 43.5 Å². The standard InChI is InChI=1S/C15H22N6O2/c16-10-12-11-17-15(19-21-6-8-23-9-7-21)18-14(12)20-4-1-2-13(22)3-5-20/h11,13,22H,1-9H2,(H,17,18,19). The number of aromatic nitrogens is 2. The van der Waals surface area contributed by atoms with Gasteiger partial charge in [-0.05, 0) is 19.3 Å². The molecule has 1 atom stereocenters. The molecule has 1 aromatic heterocycles. The molecule has 0 amide bonds. The predicted octanol–water partition coefficient (Wildman–Crippen LogP) is 0.359. The van der Waals surface area contributed by atoms with Crippen LogP contribution in [0.2, 0.25) is 0 Å². The lowest BCUT2D eigenvalue weighted by atomic mass is 10.2. The monoisotopic (exact) mass is 318 g/mol. The molecule has 0 aromatic carbocycles. The highest BCUT2D eigenvalue weighted by Gasteiger charge is 2.20. The number of hydrogen-bond donors (Lipinski definition) is 2. The summed E-state index contributed by atoms with van der Waals surface area (Å²) in [5.74, 6) is 1.14. The number of morpholine rings is 1. The SMILES string of the molecule is N#Cc1cnc(NN2CCOCC2)nc1N1CCCC(O)CC1. The molecule has 23 heavy (non-hydrogen) atoms. The first-order valence-electron chi connectivity index (χ1n) is 8.06. The molecule has 0 radical (unpaired) electrons. The molecule has 0 aliphatic carbocycles. The van der Waals surface area contributed by atoms with Crippen LogP contribution in [0, 0.1) is 11.3 Å². The minimum Gasteiger partial charge on any atom is -0.393 e. The Morgan fingerprint density at radius 2 is 2.09 bits per heavy atom. The lowest BCUT2D eigenvalue weighted by Crippen LogP contribution is -2.40. The van der Waals surface area contributed by atoms with Crippen molar-refractivity contribution in [2.24, 2.45) is 0 Å². The van der Waals surface area contributed by atoms with E-state index in [0.717, 1.165) is 32.5 Å². The molecule has 2 aliphatic heterocycles. The number of anilines is 2. The number of aliphatic hydroxyl groups is 1. The van der Waals surface area contributed by atoms with Crippen LogP contribution in [0.25, 0.3) is 0 Å². The average molecular weight is 318 g/mol. The molecule has 2 aliphatic rings. The van der Waals surface area contributed by atoms with Gasteiger partial charge in [-0.2, -0.15) is 10.2 Å². The first-order chi connectivity index (χ1) is 11.3. The molecule has 3 rings (SSSR count). The molecular weight excluding hydrogens is 296 g/mol. The van der Waals surface area contributed by atoms with Crippen LogP contribution in [-0.2, 0) is 4.74 Å². The average Bonchev–Trinajstić information content (AvgIpc) is 2.80. The lowest BCUT2D eigenvalue weighted by Gasteiger charge is -2.28. The Bertz CT molecular complexity index is 570. The highest BCUT2D eigenvalue weighted by Crippen LogP contribution is 2.22. The van der Waals surface area contributed by atoms with E-state index in [-0.39, 0.29) is 6.10 Å². The van der Waals surface area contributed by atoms with E-state index in [4.69, 9.17) is 4.74 Å². The maximum atomic E-state index is 9.80. The van der Waals surface area contributed by atoms with Crippen molar-refractivity contribution in [3.8, 4) is 6.07 Å². The summed E-state index contributed by atoms with van der Waals surface area (Å²) in [6.07, 6.45) is 3.68. The molecular formula is C15H22N6O2. The second kappa shape index (κ2) is 7.55. The summed E-state index contributed by atoms with van der Waals surface area (Å²) in [4.78, 5) is 10.8. The van der Waals surface area contributed by atoms with E-state index < -0.39 is 0 Å². The van der Waals surface area contributed by atoms with Gasteiger partial charge in [0.25, 0.3) is 0 Å². The van der Waals surface area contributed by atoms with Gasteiger partial charge >= 0.3 is 0 Å². The van der Waals surface area contributed by atoms with Crippen molar-refractivity contribution in [3.63, 3.8) is 0 Å². The fourth-order valence-corrected chi connectivity index (χ4v) is 2.85. The summed E-state index contributed by atoms with van der Waals surface area (Å²) in [5.41, 5.74) is 3.65. The van der Waals surface area contributed by atoms with E-state index in [1.165, 1.54) is 0 Å².